The van der Waals surface area contributed by atoms with Gasteiger partial charge in [-0.05, 0) is 55.5 Å². The predicted octanol–water partition coefficient (Wildman–Crippen LogP) is 6.09. The van der Waals surface area contributed by atoms with Crippen molar-refractivity contribution >= 4 is 11.9 Å². The normalized spacial score (nSPS) is 21.5. The summed E-state index contributed by atoms with van der Waals surface area (Å²) in [5.41, 5.74) is -0.663. The largest absolute Gasteiger partial charge is 0.497 e. The minimum Gasteiger partial charge on any atom is -0.497 e. The molecule has 2 aliphatic rings. The smallest absolute Gasteiger partial charge is 0.416 e. The lowest BCUT2D eigenvalue weighted by Crippen LogP contribution is -2.45. The Kier molecular flexibility index (Phi) is 7.23. The van der Waals surface area contributed by atoms with Crippen molar-refractivity contribution in [3.8, 4) is 11.5 Å². The molecule has 2 aromatic rings. The lowest BCUT2D eigenvalue weighted by atomic mass is 9.85. The number of methoxy groups -OCH3 is 1. The Morgan fingerprint density at radius 1 is 1.11 bits per heavy atom. The number of amides is 1. The molecule has 1 amide bonds. The highest BCUT2D eigenvalue weighted by atomic mass is 19.4. The fourth-order valence-electron chi connectivity index (χ4n) is 4.76. The van der Waals surface area contributed by atoms with Gasteiger partial charge in [-0.15, -0.1) is 0 Å². The van der Waals surface area contributed by atoms with Crippen molar-refractivity contribution < 1.29 is 37.0 Å². The van der Waals surface area contributed by atoms with Crippen LogP contribution in [0.3, 0.4) is 0 Å². The molecule has 0 unspecified atom stereocenters. The number of nitrogens with one attached hydrogen (secondary N) is 1. The molecule has 1 aliphatic heterocycles. The minimum atomic E-state index is -4.58. The van der Waals surface area contributed by atoms with Crippen molar-refractivity contribution in [1.29, 1.82) is 0 Å². The first-order valence-corrected chi connectivity index (χ1v) is 11.7. The second-order valence-electron chi connectivity index (χ2n) is 9.05. The average molecular weight is 492 g/mol. The first-order chi connectivity index (χ1) is 16.7. The number of carbonyl (C=O) groups is 2. The third-order valence-corrected chi connectivity index (χ3v) is 6.72. The second kappa shape index (κ2) is 10.2. The molecule has 3 atom stereocenters. The maximum absolute atomic E-state index is 13.4. The number of rotatable bonds is 5. The lowest BCUT2D eigenvalue weighted by molar-refractivity contribution is -0.137. The van der Waals surface area contributed by atoms with Gasteiger partial charge in [0.05, 0.1) is 18.2 Å². The van der Waals surface area contributed by atoms with Gasteiger partial charge in [-0.3, -0.25) is 4.79 Å². The van der Waals surface area contributed by atoms with E-state index in [2.05, 4.69) is 5.32 Å². The molecule has 0 saturated heterocycles. The quantitative estimate of drug-likeness (QED) is 0.548. The topological polar surface area (TPSA) is 73.9 Å². The highest BCUT2D eigenvalue weighted by molar-refractivity contribution is 6.04. The molecule has 1 aliphatic carbocycles. The Hall–Kier alpha value is -3.23. The number of fused-ring (bicyclic) bond motifs is 1. The number of alkyl carbamates (subject to hydrolysis) is 1. The van der Waals surface area contributed by atoms with Gasteiger partial charge in [0.1, 0.15) is 11.5 Å². The Morgan fingerprint density at radius 2 is 1.86 bits per heavy atom. The van der Waals surface area contributed by atoms with E-state index in [1.807, 2.05) is 6.92 Å². The van der Waals surface area contributed by atoms with Gasteiger partial charge in [0, 0.05) is 12.1 Å². The summed E-state index contributed by atoms with van der Waals surface area (Å²) in [6, 6.07) is 8.85. The number of hydrogen-bond acceptors (Lipinski definition) is 5. The maximum Gasteiger partial charge on any atom is 0.416 e. The van der Waals surface area contributed by atoms with Crippen molar-refractivity contribution in [1.82, 2.24) is 5.32 Å². The van der Waals surface area contributed by atoms with E-state index in [0.717, 1.165) is 37.8 Å². The molecule has 1 fully saturated rings. The lowest BCUT2D eigenvalue weighted by Gasteiger charge is -2.33. The summed E-state index contributed by atoms with van der Waals surface area (Å²) < 4.78 is 56.7. The molecule has 0 radical (unpaired) electrons. The predicted molar refractivity (Wildman–Crippen MR) is 122 cm³/mol. The van der Waals surface area contributed by atoms with E-state index in [1.54, 1.807) is 6.07 Å². The van der Waals surface area contributed by atoms with Gasteiger partial charge in [0.25, 0.3) is 0 Å². The zero-order valence-electron chi connectivity index (χ0n) is 19.6. The standard InChI is InChI=1S/C26H28F3NO5/c1-15(16-7-4-3-5-8-16)30-25(32)35-24-22(31)20-12-11-19(33-2)14-21(20)34-23(24)17-9-6-10-18(13-17)26(27,28)29/h6,9-16,23-24H,3-5,7-8H2,1-2H3,(H,30,32)/t15-,23+,24-/m1/s1. The van der Waals surface area contributed by atoms with Crippen molar-refractivity contribution in [2.45, 2.75) is 63.5 Å². The Morgan fingerprint density at radius 3 is 2.54 bits per heavy atom. The SMILES string of the molecule is COc1ccc2c(c1)O[C@@H](c1cccc(C(F)(F)F)c1)[C@H](OC(=O)N[C@H](C)C1CCCCC1)C2=O. The molecule has 6 nitrogen and oxygen atoms in total. The van der Waals surface area contributed by atoms with Gasteiger partial charge < -0.3 is 19.5 Å². The molecule has 4 rings (SSSR count). The number of carbonyl (C=O) groups excluding carboxylic acids is 2. The monoisotopic (exact) mass is 491 g/mol. The van der Waals surface area contributed by atoms with Crippen LogP contribution in [-0.4, -0.2) is 31.1 Å². The Labute approximate surface area is 201 Å². The maximum atomic E-state index is 13.4. The summed E-state index contributed by atoms with van der Waals surface area (Å²) in [5, 5.41) is 2.80. The number of halogens is 3. The number of Topliss-reactive ketones (excluding diaryl/α,β-unsaturated/α-hetero) is 1. The third-order valence-electron chi connectivity index (χ3n) is 6.72. The first-order valence-electron chi connectivity index (χ1n) is 11.7. The van der Waals surface area contributed by atoms with Crippen molar-refractivity contribution in [3.05, 3.63) is 59.2 Å². The number of alkyl halides is 3. The van der Waals surface area contributed by atoms with Crippen LogP contribution in [0.1, 0.15) is 66.6 Å². The molecule has 188 valence electrons. The van der Waals surface area contributed by atoms with E-state index < -0.39 is 35.8 Å². The van der Waals surface area contributed by atoms with Gasteiger partial charge in [0.15, 0.2) is 6.10 Å². The number of ether oxygens (including phenoxy) is 3. The van der Waals surface area contributed by atoms with Crippen LogP contribution in [-0.2, 0) is 10.9 Å². The van der Waals surface area contributed by atoms with Crippen LogP contribution in [0.25, 0.3) is 0 Å². The average Bonchev–Trinajstić information content (AvgIpc) is 2.85. The van der Waals surface area contributed by atoms with Crippen molar-refractivity contribution in [3.63, 3.8) is 0 Å². The van der Waals surface area contributed by atoms with E-state index in [9.17, 15) is 22.8 Å². The van der Waals surface area contributed by atoms with Crippen molar-refractivity contribution in [2.24, 2.45) is 5.92 Å². The molecule has 35 heavy (non-hydrogen) atoms. The summed E-state index contributed by atoms with van der Waals surface area (Å²) >= 11 is 0. The molecule has 1 heterocycles. The summed E-state index contributed by atoms with van der Waals surface area (Å²) in [4.78, 5) is 26.1. The van der Waals surface area contributed by atoms with Crippen LogP contribution in [0, 0.1) is 5.92 Å². The number of hydrogen-bond donors (Lipinski definition) is 1. The molecule has 1 saturated carbocycles. The molecular weight excluding hydrogens is 463 g/mol. The second-order valence-corrected chi connectivity index (χ2v) is 9.05. The fraction of sp³-hybridized carbons (Fsp3) is 0.462. The zero-order chi connectivity index (χ0) is 25.2. The number of benzene rings is 2. The van der Waals surface area contributed by atoms with Crippen LogP contribution in [0.2, 0.25) is 0 Å². The van der Waals surface area contributed by atoms with Gasteiger partial charge in [-0.1, -0.05) is 31.4 Å². The summed E-state index contributed by atoms with van der Waals surface area (Å²) in [7, 11) is 1.44. The molecule has 0 bridgehead atoms. The van der Waals surface area contributed by atoms with Gasteiger partial charge in [0.2, 0.25) is 11.9 Å². The first kappa shape index (κ1) is 24.9. The van der Waals surface area contributed by atoms with Crippen molar-refractivity contribution in [2.75, 3.05) is 7.11 Å². The number of ketones is 1. The molecule has 2 aromatic carbocycles. The van der Waals surface area contributed by atoms with E-state index in [1.165, 1.54) is 37.8 Å². The van der Waals surface area contributed by atoms with E-state index in [-0.39, 0.29) is 22.9 Å². The van der Waals surface area contributed by atoms with Crippen LogP contribution >= 0.6 is 0 Å². The minimum absolute atomic E-state index is 0.0692. The molecule has 9 heteroatoms. The molecule has 1 N–H and O–H groups in total. The summed E-state index contributed by atoms with van der Waals surface area (Å²) in [5.74, 6) is 0.309. The third kappa shape index (κ3) is 5.55. The van der Waals surface area contributed by atoms with E-state index in [4.69, 9.17) is 14.2 Å². The van der Waals surface area contributed by atoms with Gasteiger partial charge >= 0.3 is 12.3 Å². The van der Waals surface area contributed by atoms with Crippen LogP contribution < -0.4 is 14.8 Å². The molecule has 0 aromatic heterocycles. The van der Waals surface area contributed by atoms with Crippen LogP contribution in [0.4, 0.5) is 18.0 Å². The Balaban J connectivity index is 1.62. The van der Waals surface area contributed by atoms with Crippen LogP contribution in [0.15, 0.2) is 42.5 Å². The summed E-state index contributed by atoms with van der Waals surface area (Å²) in [6.45, 7) is 1.89. The zero-order valence-corrected chi connectivity index (χ0v) is 19.6. The van der Waals surface area contributed by atoms with Crippen LogP contribution in [0.5, 0.6) is 11.5 Å². The summed E-state index contributed by atoms with van der Waals surface area (Å²) in [6.07, 6.45) is -2.76. The van der Waals surface area contributed by atoms with Gasteiger partial charge in [-0.25, -0.2) is 4.79 Å². The molecular formula is C26H28F3NO5. The van der Waals surface area contributed by atoms with E-state index >= 15 is 0 Å². The highest BCUT2D eigenvalue weighted by Crippen LogP contribution is 2.40. The highest BCUT2D eigenvalue weighted by Gasteiger charge is 2.42. The van der Waals surface area contributed by atoms with E-state index in [0.29, 0.717) is 11.7 Å². The molecule has 0 spiro atoms. The fourth-order valence-corrected chi connectivity index (χ4v) is 4.76. The van der Waals surface area contributed by atoms with Gasteiger partial charge in [-0.2, -0.15) is 13.2 Å². The Bertz CT molecular complexity index is 1080.